The predicted octanol–water partition coefficient (Wildman–Crippen LogP) is 3.80. The molecule has 0 saturated heterocycles. The largest absolute Gasteiger partial charge is 0.309 e. The average Bonchev–Trinajstić information content (AvgIpc) is 2.77. The molecule has 0 fully saturated rings. The van der Waals surface area contributed by atoms with Gasteiger partial charge in [0, 0.05) is 40.2 Å². The zero-order valence-corrected chi connectivity index (χ0v) is 12.1. The Morgan fingerprint density at radius 3 is 2.94 bits per heavy atom. The van der Waals surface area contributed by atoms with Gasteiger partial charge in [0.1, 0.15) is 0 Å². The number of thiophene rings is 1. The molecule has 0 aliphatic heterocycles. The van der Waals surface area contributed by atoms with Crippen LogP contribution in [0.5, 0.6) is 0 Å². The molecule has 1 atom stereocenters. The van der Waals surface area contributed by atoms with E-state index in [1.807, 2.05) is 18.3 Å². The summed E-state index contributed by atoms with van der Waals surface area (Å²) in [6.45, 7) is 3.14. The van der Waals surface area contributed by atoms with E-state index < -0.39 is 0 Å². The zero-order valence-electron chi connectivity index (χ0n) is 9.69. The predicted molar refractivity (Wildman–Crippen MR) is 76.4 cm³/mol. The first kappa shape index (κ1) is 12.7. The lowest BCUT2D eigenvalue weighted by molar-refractivity contribution is 0.580. The molecule has 0 radical (unpaired) electrons. The molecule has 0 aliphatic carbocycles. The van der Waals surface area contributed by atoms with Crippen molar-refractivity contribution in [3.05, 3.63) is 50.9 Å². The first-order valence-electron chi connectivity index (χ1n) is 5.63. The first-order chi connectivity index (χ1) is 8.27. The van der Waals surface area contributed by atoms with Crippen molar-refractivity contribution in [3.8, 4) is 0 Å². The van der Waals surface area contributed by atoms with Crippen LogP contribution in [-0.4, -0.2) is 11.5 Å². The van der Waals surface area contributed by atoms with E-state index in [1.54, 1.807) is 11.3 Å². The fourth-order valence-electron chi connectivity index (χ4n) is 1.67. The molecule has 1 N–H and O–H groups in total. The summed E-state index contributed by atoms with van der Waals surface area (Å²) >= 11 is 5.34. The summed E-state index contributed by atoms with van der Waals surface area (Å²) in [4.78, 5) is 5.66. The lowest BCUT2D eigenvalue weighted by atomic mass is 10.2. The zero-order chi connectivity index (χ0) is 12.1. The summed E-state index contributed by atoms with van der Waals surface area (Å²) in [5.74, 6) is 0. The number of nitrogens with zero attached hydrogens (tertiary/aromatic N) is 1. The normalized spacial score (nSPS) is 12.6. The number of pyridine rings is 1. The van der Waals surface area contributed by atoms with Crippen molar-refractivity contribution in [3.63, 3.8) is 0 Å². The number of hydrogen-bond donors (Lipinski definition) is 1. The number of hydrogen-bond acceptors (Lipinski definition) is 3. The molecule has 0 spiro atoms. The van der Waals surface area contributed by atoms with Crippen molar-refractivity contribution in [1.82, 2.24) is 10.3 Å². The number of rotatable bonds is 5. The van der Waals surface area contributed by atoms with E-state index in [0.29, 0.717) is 6.04 Å². The van der Waals surface area contributed by atoms with E-state index in [4.69, 9.17) is 0 Å². The Kier molecular flexibility index (Phi) is 4.71. The van der Waals surface area contributed by atoms with Gasteiger partial charge in [-0.2, -0.15) is 0 Å². The number of aromatic nitrogens is 1. The topological polar surface area (TPSA) is 24.9 Å². The highest BCUT2D eigenvalue weighted by atomic mass is 79.9. The first-order valence-corrected chi connectivity index (χ1v) is 7.31. The summed E-state index contributed by atoms with van der Waals surface area (Å²) in [7, 11) is 0. The Labute approximate surface area is 114 Å². The lowest BCUT2D eigenvalue weighted by Gasteiger charge is -2.12. The molecule has 1 unspecified atom stereocenters. The average molecular weight is 311 g/mol. The van der Waals surface area contributed by atoms with Crippen LogP contribution >= 0.6 is 27.3 Å². The van der Waals surface area contributed by atoms with E-state index in [9.17, 15) is 0 Å². The minimum Gasteiger partial charge on any atom is -0.309 e. The molecule has 17 heavy (non-hydrogen) atoms. The van der Waals surface area contributed by atoms with Crippen molar-refractivity contribution in [2.24, 2.45) is 0 Å². The summed E-state index contributed by atoms with van der Waals surface area (Å²) in [5.41, 5.74) is 1.14. The Bertz CT molecular complexity index is 455. The van der Waals surface area contributed by atoms with Gasteiger partial charge >= 0.3 is 0 Å². The minimum atomic E-state index is 0.382. The Hall–Kier alpha value is -0.710. The van der Waals surface area contributed by atoms with E-state index >= 15 is 0 Å². The molecule has 0 saturated carbocycles. The highest BCUT2D eigenvalue weighted by Gasteiger charge is 2.09. The number of nitrogens with one attached hydrogen (secondary N) is 1. The van der Waals surface area contributed by atoms with Crippen molar-refractivity contribution in [1.29, 1.82) is 0 Å². The molecule has 2 nitrogen and oxygen atoms in total. The van der Waals surface area contributed by atoms with Crippen LogP contribution in [0.2, 0.25) is 0 Å². The minimum absolute atomic E-state index is 0.382. The van der Waals surface area contributed by atoms with Gasteiger partial charge in [-0.3, -0.25) is 4.98 Å². The van der Waals surface area contributed by atoms with Gasteiger partial charge < -0.3 is 5.32 Å². The highest BCUT2D eigenvalue weighted by molar-refractivity contribution is 9.10. The third kappa shape index (κ3) is 3.63. The van der Waals surface area contributed by atoms with Gasteiger partial charge in [-0.15, -0.1) is 11.3 Å². The van der Waals surface area contributed by atoms with E-state index in [1.165, 1.54) is 9.35 Å². The fraction of sp³-hybridized carbons (Fsp3) is 0.308. The van der Waals surface area contributed by atoms with Gasteiger partial charge in [0.2, 0.25) is 0 Å². The van der Waals surface area contributed by atoms with Crippen LogP contribution in [0.3, 0.4) is 0 Å². The second-order valence-corrected chi connectivity index (χ2v) is 5.68. The molecule has 0 bridgehead atoms. The molecule has 0 aliphatic rings. The standard InChI is InChI=1S/C13H15BrN2S/c1-10(13-12(14)6-9-17-13)15-8-5-11-4-2-3-7-16-11/h2-4,6-7,9-10,15H,5,8H2,1H3. The van der Waals surface area contributed by atoms with Crippen molar-refractivity contribution in [2.75, 3.05) is 6.54 Å². The smallest absolute Gasteiger partial charge is 0.0416 e. The molecular formula is C13H15BrN2S. The van der Waals surface area contributed by atoms with Crippen molar-refractivity contribution in [2.45, 2.75) is 19.4 Å². The van der Waals surface area contributed by atoms with Gasteiger partial charge in [0.25, 0.3) is 0 Å². The molecule has 4 heteroatoms. The maximum atomic E-state index is 4.31. The molecule has 2 rings (SSSR count). The molecule has 90 valence electrons. The monoisotopic (exact) mass is 310 g/mol. The maximum Gasteiger partial charge on any atom is 0.0416 e. The molecule has 0 aromatic carbocycles. The summed E-state index contributed by atoms with van der Waals surface area (Å²) in [5, 5.41) is 5.62. The van der Waals surface area contributed by atoms with Crippen LogP contribution in [0.15, 0.2) is 40.3 Å². The summed E-state index contributed by atoms with van der Waals surface area (Å²) in [6.07, 6.45) is 2.81. The SMILES string of the molecule is CC(NCCc1ccccn1)c1sccc1Br. The maximum absolute atomic E-state index is 4.31. The van der Waals surface area contributed by atoms with Crippen LogP contribution in [0.4, 0.5) is 0 Å². The van der Waals surface area contributed by atoms with Crippen molar-refractivity contribution < 1.29 is 0 Å². The van der Waals surface area contributed by atoms with E-state index in [0.717, 1.165) is 18.7 Å². The Morgan fingerprint density at radius 2 is 2.29 bits per heavy atom. The fourth-order valence-corrected chi connectivity index (χ4v) is 3.42. The number of halogens is 1. The highest BCUT2D eigenvalue weighted by Crippen LogP contribution is 2.28. The van der Waals surface area contributed by atoms with Crippen LogP contribution in [0, 0.1) is 0 Å². The van der Waals surface area contributed by atoms with Crippen molar-refractivity contribution >= 4 is 27.3 Å². The molecule has 2 heterocycles. The third-order valence-corrected chi connectivity index (χ3v) is 4.65. The van der Waals surface area contributed by atoms with E-state index in [-0.39, 0.29) is 0 Å². The molecule has 2 aromatic heterocycles. The summed E-state index contributed by atoms with van der Waals surface area (Å²) < 4.78 is 1.19. The Balaban J connectivity index is 1.81. The van der Waals surface area contributed by atoms with Crippen LogP contribution in [-0.2, 0) is 6.42 Å². The van der Waals surface area contributed by atoms with Crippen LogP contribution in [0.25, 0.3) is 0 Å². The summed E-state index contributed by atoms with van der Waals surface area (Å²) in [6, 6.07) is 8.52. The molecule has 0 amide bonds. The van der Waals surface area contributed by atoms with Gasteiger partial charge in [0.15, 0.2) is 0 Å². The van der Waals surface area contributed by atoms with Gasteiger partial charge in [-0.05, 0) is 46.4 Å². The van der Waals surface area contributed by atoms with Gasteiger partial charge in [-0.25, -0.2) is 0 Å². The third-order valence-electron chi connectivity index (χ3n) is 2.60. The van der Waals surface area contributed by atoms with Crippen LogP contribution < -0.4 is 5.32 Å². The second kappa shape index (κ2) is 6.28. The van der Waals surface area contributed by atoms with Gasteiger partial charge in [-0.1, -0.05) is 6.07 Å². The molecule has 2 aromatic rings. The van der Waals surface area contributed by atoms with Gasteiger partial charge in [0.05, 0.1) is 0 Å². The quantitative estimate of drug-likeness (QED) is 0.908. The second-order valence-electron chi connectivity index (χ2n) is 3.88. The van der Waals surface area contributed by atoms with Crippen LogP contribution in [0.1, 0.15) is 23.5 Å². The lowest BCUT2D eigenvalue weighted by Crippen LogP contribution is -2.21. The van der Waals surface area contributed by atoms with E-state index in [2.05, 4.69) is 50.7 Å². The Morgan fingerprint density at radius 1 is 1.41 bits per heavy atom. The molecular weight excluding hydrogens is 296 g/mol.